The van der Waals surface area contributed by atoms with Crippen molar-refractivity contribution in [2.24, 2.45) is 0 Å². The second-order valence-electron chi connectivity index (χ2n) is 5.07. The number of nitrogens with one attached hydrogen (secondary N) is 1. The van der Waals surface area contributed by atoms with E-state index in [0.29, 0.717) is 11.3 Å². The second-order valence-corrected chi connectivity index (χ2v) is 5.07. The zero-order chi connectivity index (χ0) is 14.1. The van der Waals surface area contributed by atoms with E-state index in [2.05, 4.69) is 15.6 Å². The van der Waals surface area contributed by atoms with Gasteiger partial charge in [-0.1, -0.05) is 11.3 Å². The number of carbonyl (C=O) groups is 1. The standard InChI is InChI=1S/C14H15FN4O/c1-9-2-3-11(15)4-10(9)5-14(20)13-8-19(18-17-13)12-6-16-7-12/h2-4,8,12,16H,5-7H2,1H3. The van der Waals surface area contributed by atoms with E-state index >= 15 is 0 Å². The molecule has 1 aliphatic heterocycles. The maximum absolute atomic E-state index is 13.2. The Kier molecular flexibility index (Phi) is 3.31. The van der Waals surface area contributed by atoms with Crippen molar-refractivity contribution in [1.82, 2.24) is 20.3 Å². The Bertz CT molecular complexity index is 648. The highest BCUT2D eigenvalue weighted by Gasteiger charge is 2.21. The molecule has 5 nitrogen and oxygen atoms in total. The molecule has 0 spiro atoms. The third-order valence-electron chi connectivity index (χ3n) is 3.59. The molecule has 2 aromatic rings. The van der Waals surface area contributed by atoms with E-state index in [0.717, 1.165) is 18.7 Å². The summed E-state index contributed by atoms with van der Waals surface area (Å²) in [5, 5.41) is 11.0. The van der Waals surface area contributed by atoms with Crippen LogP contribution in [0.5, 0.6) is 0 Å². The maximum Gasteiger partial charge on any atom is 0.189 e. The van der Waals surface area contributed by atoms with Crippen LogP contribution in [0.1, 0.15) is 27.7 Å². The second kappa shape index (κ2) is 5.13. The van der Waals surface area contributed by atoms with Gasteiger partial charge in [0.25, 0.3) is 0 Å². The molecule has 3 rings (SSSR count). The predicted molar refractivity (Wildman–Crippen MR) is 71.1 cm³/mol. The van der Waals surface area contributed by atoms with Crippen LogP contribution in [0, 0.1) is 12.7 Å². The van der Waals surface area contributed by atoms with Crippen LogP contribution in [-0.4, -0.2) is 33.9 Å². The van der Waals surface area contributed by atoms with Crippen molar-refractivity contribution >= 4 is 5.78 Å². The lowest BCUT2D eigenvalue weighted by molar-refractivity contribution is 0.0988. The maximum atomic E-state index is 13.2. The summed E-state index contributed by atoms with van der Waals surface area (Å²) in [7, 11) is 0. The molecule has 6 heteroatoms. The molecule has 1 aromatic heterocycles. The third kappa shape index (κ3) is 2.46. The Morgan fingerprint density at radius 2 is 2.30 bits per heavy atom. The van der Waals surface area contributed by atoms with Gasteiger partial charge in [-0.25, -0.2) is 9.07 Å². The summed E-state index contributed by atoms with van der Waals surface area (Å²) in [6, 6.07) is 4.74. The van der Waals surface area contributed by atoms with Gasteiger partial charge in [0, 0.05) is 19.5 Å². The number of aryl methyl sites for hydroxylation is 1. The molecule has 0 aliphatic carbocycles. The summed E-state index contributed by atoms with van der Waals surface area (Å²) >= 11 is 0. The highest BCUT2D eigenvalue weighted by Crippen LogP contribution is 2.14. The quantitative estimate of drug-likeness (QED) is 0.854. The van der Waals surface area contributed by atoms with Crippen molar-refractivity contribution in [2.75, 3.05) is 13.1 Å². The summed E-state index contributed by atoms with van der Waals surface area (Å²) < 4.78 is 14.9. The van der Waals surface area contributed by atoms with Crippen molar-refractivity contribution in [2.45, 2.75) is 19.4 Å². The summed E-state index contributed by atoms with van der Waals surface area (Å²) in [5.41, 5.74) is 1.92. The summed E-state index contributed by atoms with van der Waals surface area (Å²) in [6.07, 6.45) is 1.81. The van der Waals surface area contributed by atoms with Crippen LogP contribution in [0.3, 0.4) is 0 Å². The number of rotatable bonds is 4. The number of hydrogen-bond donors (Lipinski definition) is 1. The number of halogens is 1. The molecule has 0 unspecified atom stereocenters. The Balaban J connectivity index is 1.75. The molecule has 1 aromatic carbocycles. The molecule has 20 heavy (non-hydrogen) atoms. The van der Waals surface area contributed by atoms with Crippen molar-refractivity contribution in [3.8, 4) is 0 Å². The van der Waals surface area contributed by atoms with E-state index in [1.165, 1.54) is 12.1 Å². The van der Waals surface area contributed by atoms with Gasteiger partial charge in [-0.2, -0.15) is 0 Å². The first-order valence-electron chi connectivity index (χ1n) is 6.54. The van der Waals surface area contributed by atoms with Gasteiger partial charge < -0.3 is 5.32 Å². The Morgan fingerprint density at radius 3 is 3.00 bits per heavy atom. The molecule has 0 amide bonds. The van der Waals surface area contributed by atoms with Gasteiger partial charge in [-0.3, -0.25) is 4.79 Å². The van der Waals surface area contributed by atoms with Gasteiger partial charge in [0.05, 0.1) is 12.2 Å². The fourth-order valence-electron chi connectivity index (χ4n) is 2.14. The highest BCUT2D eigenvalue weighted by atomic mass is 19.1. The van der Waals surface area contributed by atoms with Crippen LogP contribution in [0.15, 0.2) is 24.4 Å². The molecule has 0 saturated carbocycles. The lowest BCUT2D eigenvalue weighted by atomic mass is 10.0. The number of aromatic nitrogens is 3. The zero-order valence-corrected chi connectivity index (χ0v) is 11.1. The monoisotopic (exact) mass is 274 g/mol. The van der Waals surface area contributed by atoms with Gasteiger partial charge in [-0.15, -0.1) is 5.10 Å². The lowest BCUT2D eigenvalue weighted by Gasteiger charge is -2.26. The first-order valence-corrected chi connectivity index (χ1v) is 6.54. The highest BCUT2D eigenvalue weighted by molar-refractivity contribution is 5.95. The Morgan fingerprint density at radius 1 is 1.50 bits per heavy atom. The predicted octanol–water partition coefficient (Wildman–Crippen LogP) is 1.30. The van der Waals surface area contributed by atoms with E-state index in [1.807, 2.05) is 6.92 Å². The van der Waals surface area contributed by atoms with Crippen LogP contribution in [0.2, 0.25) is 0 Å². The number of Topliss-reactive ketones (excluding diaryl/α,β-unsaturated/α-hetero) is 1. The van der Waals surface area contributed by atoms with Gasteiger partial charge in [-0.05, 0) is 30.2 Å². The number of carbonyl (C=O) groups excluding carboxylic acids is 1. The molecule has 2 heterocycles. The smallest absolute Gasteiger partial charge is 0.189 e. The molecule has 1 N–H and O–H groups in total. The van der Waals surface area contributed by atoms with Gasteiger partial charge in [0.2, 0.25) is 0 Å². The lowest BCUT2D eigenvalue weighted by Crippen LogP contribution is -2.43. The summed E-state index contributed by atoms with van der Waals surface area (Å²) in [6.45, 7) is 3.55. The fraction of sp³-hybridized carbons (Fsp3) is 0.357. The topological polar surface area (TPSA) is 59.8 Å². The van der Waals surface area contributed by atoms with Gasteiger partial charge >= 0.3 is 0 Å². The van der Waals surface area contributed by atoms with Gasteiger partial charge in [0.1, 0.15) is 11.5 Å². The molecule has 0 radical (unpaired) electrons. The minimum absolute atomic E-state index is 0.141. The molecule has 1 fully saturated rings. The average molecular weight is 274 g/mol. The van der Waals surface area contributed by atoms with E-state index in [1.54, 1.807) is 16.9 Å². The number of ketones is 1. The van der Waals surface area contributed by atoms with E-state index in [-0.39, 0.29) is 24.1 Å². The normalized spacial score (nSPS) is 15.1. The van der Waals surface area contributed by atoms with Crippen molar-refractivity contribution < 1.29 is 9.18 Å². The van der Waals surface area contributed by atoms with Crippen molar-refractivity contribution in [3.63, 3.8) is 0 Å². The molecule has 0 bridgehead atoms. The van der Waals surface area contributed by atoms with E-state index < -0.39 is 0 Å². The minimum atomic E-state index is -0.331. The van der Waals surface area contributed by atoms with Crippen LogP contribution in [-0.2, 0) is 6.42 Å². The van der Waals surface area contributed by atoms with Crippen LogP contribution in [0.4, 0.5) is 4.39 Å². The minimum Gasteiger partial charge on any atom is -0.312 e. The Labute approximate surface area is 115 Å². The first kappa shape index (κ1) is 12.9. The molecular weight excluding hydrogens is 259 g/mol. The summed E-state index contributed by atoms with van der Waals surface area (Å²) in [4.78, 5) is 12.2. The molecule has 0 atom stereocenters. The van der Waals surface area contributed by atoms with E-state index in [9.17, 15) is 9.18 Å². The fourth-order valence-corrected chi connectivity index (χ4v) is 2.14. The van der Waals surface area contributed by atoms with Crippen LogP contribution in [0.25, 0.3) is 0 Å². The largest absolute Gasteiger partial charge is 0.312 e. The van der Waals surface area contributed by atoms with Crippen molar-refractivity contribution in [1.29, 1.82) is 0 Å². The number of hydrogen-bond acceptors (Lipinski definition) is 4. The summed E-state index contributed by atoms with van der Waals surface area (Å²) in [5.74, 6) is -0.472. The SMILES string of the molecule is Cc1ccc(F)cc1CC(=O)c1cn(C2CNC2)nn1. The molecule has 1 saturated heterocycles. The zero-order valence-electron chi connectivity index (χ0n) is 11.1. The number of benzene rings is 1. The van der Waals surface area contributed by atoms with Gasteiger partial charge in [0.15, 0.2) is 5.78 Å². The van der Waals surface area contributed by atoms with Crippen LogP contribution < -0.4 is 5.32 Å². The molecular formula is C14H15FN4O. The molecule has 1 aliphatic rings. The molecule has 104 valence electrons. The third-order valence-corrected chi connectivity index (χ3v) is 3.59. The first-order chi connectivity index (χ1) is 9.63. The van der Waals surface area contributed by atoms with Crippen molar-refractivity contribution in [3.05, 3.63) is 47.0 Å². The Hall–Kier alpha value is -2.08. The average Bonchev–Trinajstić information content (AvgIpc) is 2.81. The van der Waals surface area contributed by atoms with E-state index in [4.69, 9.17) is 0 Å². The van der Waals surface area contributed by atoms with Crippen LogP contribution >= 0.6 is 0 Å². The number of nitrogens with zero attached hydrogens (tertiary/aromatic N) is 3.